The summed E-state index contributed by atoms with van der Waals surface area (Å²) in [6.45, 7) is 0. The van der Waals surface area contributed by atoms with Gasteiger partial charge in [-0.15, -0.1) is 0 Å². The molecule has 21 heavy (non-hydrogen) atoms. The van der Waals surface area contributed by atoms with Crippen molar-refractivity contribution in [2.45, 2.75) is 6.42 Å². The third kappa shape index (κ3) is 17.4. The summed E-state index contributed by atoms with van der Waals surface area (Å²) >= 11 is 0. The number of aliphatic carboxylic acids is 2. The van der Waals surface area contributed by atoms with Crippen molar-refractivity contribution in [3.63, 3.8) is 0 Å². The Bertz CT molecular complexity index is 397. The molecule has 0 aliphatic heterocycles. The molecule has 0 aliphatic rings. The van der Waals surface area contributed by atoms with Crippen LogP contribution >= 0.6 is 0 Å². The topological polar surface area (TPSA) is 161 Å². The molecule has 0 saturated heterocycles. The minimum atomic E-state index is -2.06. The van der Waals surface area contributed by atoms with Crippen LogP contribution in [0.5, 0.6) is 0 Å². The van der Waals surface area contributed by atoms with E-state index < -0.39 is 42.2 Å². The molecule has 0 atom stereocenters. The van der Waals surface area contributed by atoms with Gasteiger partial charge in [0, 0.05) is 0 Å². The van der Waals surface area contributed by atoms with Gasteiger partial charge in [0.1, 0.15) is 6.42 Å². The maximum atomic E-state index is 10.7. The van der Waals surface area contributed by atoms with Gasteiger partial charge in [-0.25, -0.2) is 19.2 Å². The van der Waals surface area contributed by atoms with E-state index in [1.807, 2.05) is 0 Å². The predicted molar refractivity (Wildman–Crippen MR) is 46.5 cm³/mol. The molecule has 0 aromatic rings. The number of carboxylic acids is 2. The van der Waals surface area contributed by atoms with Crippen LogP contribution in [0.25, 0.3) is 0 Å². The molecule has 0 heterocycles. The molecule has 0 aliphatic carbocycles. The molecule has 0 unspecified atom stereocenters. The van der Waals surface area contributed by atoms with Crippen molar-refractivity contribution in [3.8, 4) is 0 Å². The number of carbonyl (C=O) groups excluding carboxylic acids is 4. The Morgan fingerprint density at radius 2 is 0.905 bits per heavy atom. The standard InChI is InChI=1S/C7H4O10.4Na.4H/c8-2(16-6(14)4(10)11)1-3(9)17-7(15)5(12)13;;;;;;;;/h1H2,(H,10,11)(H,12,13);;;;;;;;/q;4*+1;4*-1. The first-order valence-corrected chi connectivity index (χ1v) is 3.70. The monoisotopic (exact) mass is 344 g/mol. The Morgan fingerprint density at radius 1 is 0.667 bits per heavy atom. The Labute approximate surface area is 211 Å². The number of carbonyl (C=O) groups is 6. The first-order chi connectivity index (χ1) is 7.73. The average Bonchev–Trinajstić information content (AvgIpc) is 2.16. The first-order valence-electron chi connectivity index (χ1n) is 3.70. The number of ether oxygens (including phenoxy) is 2. The number of rotatable bonds is 2. The summed E-state index contributed by atoms with van der Waals surface area (Å²) in [5.74, 6) is -11.2. The van der Waals surface area contributed by atoms with Gasteiger partial charge in [0.15, 0.2) is 0 Å². The number of hydrogen-bond acceptors (Lipinski definition) is 8. The zero-order chi connectivity index (χ0) is 13.6. The summed E-state index contributed by atoms with van der Waals surface area (Å²) in [6, 6.07) is 0. The summed E-state index contributed by atoms with van der Waals surface area (Å²) < 4.78 is 7.18. The van der Waals surface area contributed by atoms with Crippen LogP contribution < -0.4 is 118 Å². The largest absolute Gasteiger partial charge is 1.00 e. The van der Waals surface area contributed by atoms with Crippen molar-refractivity contribution in [3.05, 3.63) is 0 Å². The van der Waals surface area contributed by atoms with Crippen molar-refractivity contribution in [1.29, 1.82) is 0 Å². The molecule has 0 bridgehead atoms. The Balaban J connectivity index is -0.0000000457. The van der Waals surface area contributed by atoms with Crippen molar-refractivity contribution < 1.29 is 172 Å². The van der Waals surface area contributed by atoms with Crippen molar-refractivity contribution in [1.82, 2.24) is 0 Å². The number of hydrogen-bond donors (Lipinski definition) is 2. The number of carboxylic acid groups (broad SMARTS) is 2. The molecule has 0 fully saturated rings. The summed E-state index contributed by atoms with van der Waals surface area (Å²) in [6.07, 6.45) is -1.28. The van der Waals surface area contributed by atoms with Gasteiger partial charge in [-0.2, -0.15) is 0 Å². The second-order valence-corrected chi connectivity index (χ2v) is 2.31. The summed E-state index contributed by atoms with van der Waals surface area (Å²) in [5.41, 5.74) is 0. The Morgan fingerprint density at radius 3 is 1.10 bits per heavy atom. The van der Waals surface area contributed by atoms with Gasteiger partial charge >= 0.3 is 154 Å². The van der Waals surface area contributed by atoms with E-state index >= 15 is 0 Å². The van der Waals surface area contributed by atoms with Gasteiger partial charge in [-0.3, -0.25) is 9.59 Å². The van der Waals surface area contributed by atoms with Crippen LogP contribution in [0.3, 0.4) is 0 Å². The van der Waals surface area contributed by atoms with Gasteiger partial charge in [0.05, 0.1) is 0 Å². The van der Waals surface area contributed by atoms with Gasteiger partial charge < -0.3 is 25.4 Å². The molecule has 0 spiro atoms. The number of esters is 4. The molecule has 0 rings (SSSR count). The molecule has 0 saturated carbocycles. The zero-order valence-corrected chi connectivity index (χ0v) is 19.9. The van der Waals surface area contributed by atoms with E-state index in [2.05, 4.69) is 9.47 Å². The van der Waals surface area contributed by atoms with Gasteiger partial charge in [0.2, 0.25) is 0 Å². The Hall–Kier alpha value is 1.22. The van der Waals surface area contributed by atoms with E-state index in [0.29, 0.717) is 0 Å². The summed E-state index contributed by atoms with van der Waals surface area (Å²) in [4.78, 5) is 61.8. The molecule has 14 heteroatoms. The normalized spacial score (nSPS) is 7.24. The molecule has 0 amide bonds. The van der Waals surface area contributed by atoms with E-state index in [9.17, 15) is 28.8 Å². The van der Waals surface area contributed by atoms with E-state index in [4.69, 9.17) is 10.2 Å². The van der Waals surface area contributed by atoms with Crippen LogP contribution in [-0.4, -0.2) is 46.0 Å². The molecular formula is C7H8Na4O10. The minimum Gasteiger partial charge on any atom is -1.00 e. The van der Waals surface area contributed by atoms with Crippen LogP contribution in [0, 0.1) is 0 Å². The maximum absolute atomic E-state index is 10.7. The van der Waals surface area contributed by atoms with E-state index in [-0.39, 0.29) is 124 Å². The fraction of sp³-hybridized carbons (Fsp3) is 0.143. The SMILES string of the molecule is O=C(CC(=O)OC(=O)C(=O)O)OC(=O)C(=O)O.[H-].[H-].[H-].[H-].[Na+].[Na+].[Na+].[Na+]. The van der Waals surface area contributed by atoms with Gasteiger partial charge in [-0.1, -0.05) is 0 Å². The van der Waals surface area contributed by atoms with Crippen LogP contribution in [0.1, 0.15) is 12.1 Å². The molecular weight excluding hydrogens is 336 g/mol. The molecule has 2 N–H and O–H groups in total. The van der Waals surface area contributed by atoms with Crippen LogP contribution in [0.2, 0.25) is 0 Å². The second-order valence-electron chi connectivity index (χ2n) is 2.31. The molecule has 100 valence electrons. The van der Waals surface area contributed by atoms with Gasteiger partial charge in [0.25, 0.3) is 0 Å². The molecule has 10 nitrogen and oxygen atoms in total. The third-order valence-corrected chi connectivity index (χ3v) is 1.05. The predicted octanol–water partition coefficient (Wildman–Crippen LogP) is -13.8. The van der Waals surface area contributed by atoms with E-state index in [0.717, 1.165) is 0 Å². The van der Waals surface area contributed by atoms with Gasteiger partial charge in [-0.05, 0) is 0 Å². The summed E-state index contributed by atoms with van der Waals surface area (Å²) in [5, 5.41) is 16.0. The summed E-state index contributed by atoms with van der Waals surface area (Å²) in [7, 11) is 0. The fourth-order valence-electron chi connectivity index (χ4n) is 0.484. The van der Waals surface area contributed by atoms with Crippen LogP contribution in [0.4, 0.5) is 0 Å². The van der Waals surface area contributed by atoms with E-state index in [1.165, 1.54) is 0 Å². The molecule has 0 radical (unpaired) electrons. The smallest absolute Gasteiger partial charge is 1.00 e. The average molecular weight is 344 g/mol. The minimum absolute atomic E-state index is 0. The van der Waals surface area contributed by atoms with Crippen LogP contribution in [-0.2, 0) is 38.2 Å². The third-order valence-electron chi connectivity index (χ3n) is 1.05. The molecule has 0 aromatic heterocycles. The maximum Gasteiger partial charge on any atom is 1.00 e. The quantitative estimate of drug-likeness (QED) is 0.213. The van der Waals surface area contributed by atoms with E-state index in [1.54, 1.807) is 0 Å². The first kappa shape index (κ1) is 33.7. The van der Waals surface area contributed by atoms with Crippen molar-refractivity contribution >= 4 is 35.8 Å². The molecule has 0 aromatic carbocycles. The Kier molecular flexibility index (Phi) is 28.2. The zero-order valence-electron chi connectivity index (χ0n) is 15.9. The van der Waals surface area contributed by atoms with Crippen molar-refractivity contribution in [2.75, 3.05) is 0 Å². The second kappa shape index (κ2) is 17.6. The fourth-order valence-corrected chi connectivity index (χ4v) is 0.484. The van der Waals surface area contributed by atoms with Crippen LogP contribution in [0.15, 0.2) is 0 Å². The van der Waals surface area contributed by atoms with Crippen molar-refractivity contribution in [2.24, 2.45) is 0 Å².